The highest BCUT2D eigenvalue weighted by Gasteiger charge is 2.24. The molecule has 1 N–H and O–H groups in total. The van der Waals surface area contributed by atoms with Crippen molar-refractivity contribution in [2.45, 2.75) is 45.1 Å². The molecule has 0 radical (unpaired) electrons. The number of nitrogens with one attached hydrogen (secondary N) is 1. The number of ether oxygens (including phenoxy) is 1. The van der Waals surface area contributed by atoms with Crippen LogP contribution in [0.3, 0.4) is 0 Å². The van der Waals surface area contributed by atoms with E-state index in [0.717, 1.165) is 11.1 Å². The summed E-state index contributed by atoms with van der Waals surface area (Å²) in [6.45, 7) is 7.48. The molecule has 23 heavy (non-hydrogen) atoms. The van der Waals surface area contributed by atoms with Crippen LogP contribution in [0.5, 0.6) is 5.75 Å². The molecule has 0 fully saturated rings. The molecule has 2 aromatic rings. The van der Waals surface area contributed by atoms with Crippen molar-refractivity contribution >= 4 is 10.0 Å². The van der Waals surface area contributed by atoms with E-state index in [2.05, 4.69) is 23.7 Å². The Morgan fingerprint density at radius 1 is 1.30 bits per heavy atom. The largest absolute Gasteiger partial charge is 0.496 e. The summed E-state index contributed by atoms with van der Waals surface area (Å²) >= 11 is 0. The van der Waals surface area contributed by atoms with Crippen molar-refractivity contribution in [3.8, 4) is 5.75 Å². The van der Waals surface area contributed by atoms with E-state index in [9.17, 15) is 8.42 Å². The summed E-state index contributed by atoms with van der Waals surface area (Å²) in [7, 11) is -2.13. The minimum atomic E-state index is -3.70. The maximum atomic E-state index is 12.5. The Hall–Kier alpha value is -1.86. The van der Waals surface area contributed by atoms with E-state index >= 15 is 0 Å². The first-order valence-electron chi connectivity index (χ1n) is 7.35. The van der Waals surface area contributed by atoms with E-state index in [-0.39, 0.29) is 17.2 Å². The molecule has 7 heteroatoms. The molecule has 1 aromatic carbocycles. The van der Waals surface area contributed by atoms with Crippen molar-refractivity contribution in [1.29, 1.82) is 0 Å². The summed E-state index contributed by atoms with van der Waals surface area (Å²) in [5, 5.41) is 3.69. The summed E-state index contributed by atoms with van der Waals surface area (Å²) in [5.74, 6) is 1.27. The standard InChI is InChI=1S/C16H22N2O4S/c1-10(2)13-6-7-15(21-5)14(8-13)9-17-23(19,20)16-11(3)18-22-12(16)4/h6-8,10,17H,9H2,1-5H3. The summed E-state index contributed by atoms with van der Waals surface area (Å²) in [6.07, 6.45) is 0. The zero-order valence-corrected chi connectivity index (χ0v) is 14.8. The van der Waals surface area contributed by atoms with Gasteiger partial charge in [0.15, 0.2) is 5.76 Å². The number of sulfonamides is 1. The number of methoxy groups -OCH3 is 1. The molecule has 0 aliphatic carbocycles. The number of hydrogen-bond donors (Lipinski definition) is 1. The molecular formula is C16H22N2O4S. The van der Waals surface area contributed by atoms with E-state index in [4.69, 9.17) is 9.26 Å². The van der Waals surface area contributed by atoms with Gasteiger partial charge in [-0.15, -0.1) is 0 Å². The normalized spacial score (nSPS) is 11.9. The number of hydrogen-bond acceptors (Lipinski definition) is 5. The molecule has 6 nitrogen and oxygen atoms in total. The second kappa shape index (κ2) is 6.72. The minimum Gasteiger partial charge on any atom is -0.496 e. The quantitative estimate of drug-likeness (QED) is 0.876. The van der Waals surface area contributed by atoms with Crippen LogP contribution in [0.2, 0.25) is 0 Å². The van der Waals surface area contributed by atoms with Crippen LogP contribution in [-0.2, 0) is 16.6 Å². The van der Waals surface area contributed by atoms with Crippen LogP contribution >= 0.6 is 0 Å². The number of benzene rings is 1. The van der Waals surface area contributed by atoms with Crippen molar-refractivity contribution < 1.29 is 17.7 Å². The second-order valence-electron chi connectivity index (χ2n) is 5.70. The highest BCUT2D eigenvalue weighted by molar-refractivity contribution is 7.89. The molecule has 0 saturated carbocycles. The van der Waals surface area contributed by atoms with Crippen LogP contribution < -0.4 is 9.46 Å². The Morgan fingerprint density at radius 3 is 2.52 bits per heavy atom. The third-order valence-corrected chi connectivity index (χ3v) is 5.31. The molecular weight excluding hydrogens is 316 g/mol. The number of aromatic nitrogens is 1. The van der Waals surface area contributed by atoms with E-state index in [1.54, 1.807) is 21.0 Å². The lowest BCUT2D eigenvalue weighted by Crippen LogP contribution is -2.24. The predicted octanol–water partition coefficient (Wildman–Crippen LogP) is 2.90. The van der Waals surface area contributed by atoms with Gasteiger partial charge >= 0.3 is 0 Å². The van der Waals surface area contributed by atoms with Gasteiger partial charge in [0.1, 0.15) is 16.3 Å². The molecule has 0 saturated heterocycles. The maximum Gasteiger partial charge on any atom is 0.246 e. The van der Waals surface area contributed by atoms with Gasteiger partial charge in [-0.2, -0.15) is 0 Å². The highest BCUT2D eigenvalue weighted by Crippen LogP contribution is 2.25. The van der Waals surface area contributed by atoms with Gasteiger partial charge in [0, 0.05) is 12.1 Å². The molecule has 0 atom stereocenters. The van der Waals surface area contributed by atoms with Crippen LogP contribution in [0.15, 0.2) is 27.6 Å². The third kappa shape index (κ3) is 3.73. The van der Waals surface area contributed by atoms with E-state index < -0.39 is 10.0 Å². The molecule has 0 bridgehead atoms. The topological polar surface area (TPSA) is 81.4 Å². The Labute approximate surface area is 136 Å². The van der Waals surface area contributed by atoms with E-state index in [1.165, 1.54) is 0 Å². The SMILES string of the molecule is COc1ccc(C(C)C)cc1CNS(=O)(=O)c1c(C)noc1C. The first-order valence-corrected chi connectivity index (χ1v) is 8.84. The zero-order valence-electron chi connectivity index (χ0n) is 14.0. The Kier molecular flexibility index (Phi) is 5.11. The van der Waals surface area contributed by atoms with Crippen LogP contribution in [0.25, 0.3) is 0 Å². The molecule has 0 aliphatic rings. The lowest BCUT2D eigenvalue weighted by atomic mass is 10.0. The summed E-state index contributed by atoms with van der Waals surface area (Å²) in [6, 6.07) is 5.80. The predicted molar refractivity (Wildman–Crippen MR) is 87.1 cm³/mol. The fourth-order valence-corrected chi connectivity index (χ4v) is 3.73. The Bertz CT molecular complexity index is 775. The van der Waals surface area contributed by atoms with Crippen LogP contribution in [-0.4, -0.2) is 20.7 Å². The van der Waals surface area contributed by atoms with Gasteiger partial charge in [0.2, 0.25) is 10.0 Å². The van der Waals surface area contributed by atoms with E-state index in [0.29, 0.717) is 17.4 Å². The second-order valence-corrected chi connectivity index (χ2v) is 7.41. The fraction of sp³-hybridized carbons (Fsp3) is 0.438. The summed E-state index contributed by atoms with van der Waals surface area (Å²) in [5.41, 5.74) is 2.25. The van der Waals surface area contributed by atoms with Gasteiger partial charge < -0.3 is 9.26 Å². The molecule has 1 heterocycles. The Balaban J connectivity index is 2.28. The van der Waals surface area contributed by atoms with Crippen molar-refractivity contribution in [2.24, 2.45) is 0 Å². The first-order chi connectivity index (χ1) is 10.8. The summed E-state index contributed by atoms with van der Waals surface area (Å²) in [4.78, 5) is 0.0940. The minimum absolute atomic E-state index is 0.0940. The molecule has 0 spiro atoms. The number of aryl methyl sites for hydroxylation is 2. The van der Waals surface area contributed by atoms with Gasteiger partial charge in [0.05, 0.1) is 7.11 Å². The molecule has 126 valence electrons. The monoisotopic (exact) mass is 338 g/mol. The molecule has 0 amide bonds. The lowest BCUT2D eigenvalue weighted by molar-refractivity contribution is 0.390. The van der Waals surface area contributed by atoms with Crippen LogP contribution in [0.1, 0.15) is 42.3 Å². The summed E-state index contributed by atoms with van der Waals surface area (Å²) < 4.78 is 37.8. The number of rotatable bonds is 6. The average Bonchev–Trinajstić information content (AvgIpc) is 2.84. The maximum absolute atomic E-state index is 12.5. The van der Waals surface area contributed by atoms with Crippen LogP contribution in [0, 0.1) is 13.8 Å². The van der Waals surface area contributed by atoms with E-state index in [1.807, 2.05) is 18.2 Å². The fourth-order valence-electron chi connectivity index (χ4n) is 2.40. The lowest BCUT2D eigenvalue weighted by Gasteiger charge is -2.13. The van der Waals surface area contributed by atoms with Gasteiger partial charge in [-0.3, -0.25) is 0 Å². The third-order valence-electron chi connectivity index (χ3n) is 3.66. The highest BCUT2D eigenvalue weighted by atomic mass is 32.2. The zero-order chi connectivity index (χ0) is 17.2. The van der Waals surface area contributed by atoms with Gasteiger partial charge in [-0.25, -0.2) is 13.1 Å². The van der Waals surface area contributed by atoms with Crippen molar-refractivity contribution in [3.63, 3.8) is 0 Å². The molecule has 1 aromatic heterocycles. The van der Waals surface area contributed by atoms with Crippen molar-refractivity contribution in [3.05, 3.63) is 40.8 Å². The van der Waals surface area contributed by atoms with Crippen molar-refractivity contribution in [2.75, 3.05) is 7.11 Å². The molecule has 0 aliphatic heterocycles. The van der Waals surface area contributed by atoms with Crippen LogP contribution in [0.4, 0.5) is 0 Å². The average molecular weight is 338 g/mol. The molecule has 2 rings (SSSR count). The van der Waals surface area contributed by atoms with Gasteiger partial charge in [0.25, 0.3) is 0 Å². The smallest absolute Gasteiger partial charge is 0.246 e. The first kappa shape index (κ1) is 17.5. The molecule has 0 unspecified atom stereocenters. The Morgan fingerprint density at radius 2 is 2.00 bits per heavy atom. The van der Waals surface area contributed by atoms with Gasteiger partial charge in [-0.1, -0.05) is 31.1 Å². The number of nitrogens with zero attached hydrogens (tertiary/aromatic N) is 1. The van der Waals surface area contributed by atoms with Gasteiger partial charge in [-0.05, 0) is 31.4 Å². The van der Waals surface area contributed by atoms with Crippen molar-refractivity contribution in [1.82, 2.24) is 9.88 Å².